The summed E-state index contributed by atoms with van der Waals surface area (Å²) in [6.07, 6.45) is 5.42. The number of fused-ring (bicyclic) bond motifs is 1. The van der Waals surface area contributed by atoms with Gasteiger partial charge in [-0.1, -0.05) is 41.2 Å². The summed E-state index contributed by atoms with van der Waals surface area (Å²) >= 11 is 18.5. The van der Waals surface area contributed by atoms with Crippen LogP contribution in [-0.4, -0.2) is 9.97 Å². The number of nitrogens with zero attached hydrogens (tertiary/aromatic N) is 2. The number of halogens is 3. The van der Waals surface area contributed by atoms with Gasteiger partial charge in [0, 0.05) is 21.8 Å². The third-order valence-corrected chi connectivity index (χ3v) is 4.42. The lowest BCUT2D eigenvalue weighted by atomic mass is 10.1. The Bertz CT molecular complexity index is 656. The highest BCUT2D eigenvalue weighted by Gasteiger charge is 2.17. The predicted molar refractivity (Wildman–Crippen MR) is 83.8 cm³/mol. The first-order valence-electron chi connectivity index (χ1n) is 6.66. The van der Waals surface area contributed by atoms with E-state index >= 15 is 0 Å². The van der Waals surface area contributed by atoms with Crippen molar-refractivity contribution in [1.82, 2.24) is 9.97 Å². The summed E-state index contributed by atoms with van der Waals surface area (Å²) in [7, 11) is 0. The molecule has 3 rings (SSSR count). The second-order valence-corrected chi connectivity index (χ2v) is 6.15. The zero-order valence-corrected chi connectivity index (χ0v) is 13.1. The maximum absolute atomic E-state index is 6.33. The van der Waals surface area contributed by atoms with Gasteiger partial charge in [-0.3, -0.25) is 0 Å². The Morgan fingerprint density at radius 3 is 2.50 bits per heavy atom. The number of rotatable bonds is 1. The second kappa shape index (κ2) is 5.88. The van der Waals surface area contributed by atoms with Crippen molar-refractivity contribution in [3.8, 4) is 11.4 Å². The molecule has 2 nitrogen and oxygen atoms in total. The van der Waals surface area contributed by atoms with Gasteiger partial charge in [-0.25, -0.2) is 9.97 Å². The molecule has 0 saturated heterocycles. The van der Waals surface area contributed by atoms with Crippen LogP contribution in [0.25, 0.3) is 11.4 Å². The third-order valence-electron chi connectivity index (χ3n) is 3.55. The van der Waals surface area contributed by atoms with Crippen LogP contribution in [-0.2, 0) is 12.8 Å². The number of aryl methyl sites for hydroxylation is 1. The molecule has 0 unspecified atom stereocenters. The number of aromatic nitrogens is 2. The van der Waals surface area contributed by atoms with Gasteiger partial charge in [0.25, 0.3) is 0 Å². The van der Waals surface area contributed by atoms with E-state index in [-0.39, 0.29) is 0 Å². The monoisotopic (exact) mass is 326 g/mol. The molecule has 104 valence electrons. The minimum absolute atomic E-state index is 0.544. The SMILES string of the molecule is Clc1ccc(-c2nc(Cl)c3c(n2)CCCCC3)c(Cl)c1. The Balaban J connectivity index is 2.11. The molecular weight excluding hydrogens is 315 g/mol. The molecule has 0 aliphatic heterocycles. The number of benzene rings is 1. The van der Waals surface area contributed by atoms with Crippen molar-refractivity contribution in [3.05, 3.63) is 44.7 Å². The quantitative estimate of drug-likeness (QED) is 0.519. The van der Waals surface area contributed by atoms with E-state index in [4.69, 9.17) is 34.8 Å². The van der Waals surface area contributed by atoms with Gasteiger partial charge in [-0.05, 0) is 43.9 Å². The standard InChI is InChI=1S/C15H13Cl3N2/c16-9-6-7-10(12(17)8-9)15-19-13-5-3-1-2-4-11(13)14(18)20-15/h6-8H,1-5H2. The Kier molecular flexibility index (Phi) is 4.16. The van der Waals surface area contributed by atoms with Crippen molar-refractivity contribution in [2.45, 2.75) is 32.1 Å². The summed E-state index contributed by atoms with van der Waals surface area (Å²) in [6, 6.07) is 5.31. The topological polar surface area (TPSA) is 25.8 Å². The van der Waals surface area contributed by atoms with Crippen molar-refractivity contribution >= 4 is 34.8 Å². The summed E-state index contributed by atoms with van der Waals surface area (Å²) in [4.78, 5) is 9.09. The van der Waals surface area contributed by atoms with E-state index in [2.05, 4.69) is 9.97 Å². The van der Waals surface area contributed by atoms with E-state index in [9.17, 15) is 0 Å². The normalized spacial score (nSPS) is 14.8. The summed E-state index contributed by atoms with van der Waals surface area (Å²) in [5.74, 6) is 0.581. The molecule has 1 aliphatic carbocycles. The van der Waals surface area contributed by atoms with E-state index in [0.717, 1.165) is 42.5 Å². The van der Waals surface area contributed by atoms with Crippen LogP contribution in [0.15, 0.2) is 18.2 Å². The highest BCUT2D eigenvalue weighted by Crippen LogP contribution is 2.32. The van der Waals surface area contributed by atoms with E-state index < -0.39 is 0 Å². The molecule has 1 aliphatic rings. The summed E-state index contributed by atoms with van der Waals surface area (Å²) in [6.45, 7) is 0. The van der Waals surface area contributed by atoms with Crippen LogP contribution < -0.4 is 0 Å². The smallest absolute Gasteiger partial charge is 0.162 e. The van der Waals surface area contributed by atoms with Crippen LogP contribution in [0.4, 0.5) is 0 Å². The van der Waals surface area contributed by atoms with Crippen molar-refractivity contribution in [2.24, 2.45) is 0 Å². The molecule has 0 N–H and O–H groups in total. The molecular formula is C15H13Cl3N2. The van der Waals surface area contributed by atoms with E-state index in [1.54, 1.807) is 12.1 Å². The highest BCUT2D eigenvalue weighted by molar-refractivity contribution is 6.36. The Morgan fingerprint density at radius 2 is 1.70 bits per heavy atom. The minimum Gasteiger partial charge on any atom is -0.233 e. The second-order valence-electron chi connectivity index (χ2n) is 4.95. The van der Waals surface area contributed by atoms with Crippen LogP contribution >= 0.6 is 34.8 Å². The predicted octanol–water partition coefficient (Wildman–Crippen LogP) is 5.37. The molecule has 1 aromatic heterocycles. The fourth-order valence-electron chi connectivity index (χ4n) is 2.52. The van der Waals surface area contributed by atoms with Crippen molar-refractivity contribution in [2.75, 3.05) is 0 Å². The molecule has 0 radical (unpaired) electrons. The van der Waals surface area contributed by atoms with Crippen LogP contribution in [0.1, 0.15) is 30.5 Å². The first-order valence-corrected chi connectivity index (χ1v) is 7.79. The molecule has 0 amide bonds. The summed E-state index contributed by atoms with van der Waals surface area (Å²) in [5.41, 5.74) is 2.92. The summed E-state index contributed by atoms with van der Waals surface area (Å²) in [5, 5.41) is 1.69. The third kappa shape index (κ3) is 2.78. The largest absolute Gasteiger partial charge is 0.233 e. The first-order chi connectivity index (χ1) is 9.65. The molecule has 0 atom stereocenters. The van der Waals surface area contributed by atoms with Crippen LogP contribution in [0, 0.1) is 0 Å². The molecule has 5 heteroatoms. The van der Waals surface area contributed by atoms with Gasteiger partial charge in [0.2, 0.25) is 0 Å². The average Bonchev–Trinajstić information content (AvgIpc) is 2.64. The molecule has 0 fully saturated rings. The average molecular weight is 328 g/mol. The Morgan fingerprint density at radius 1 is 0.900 bits per heavy atom. The van der Waals surface area contributed by atoms with E-state index in [1.165, 1.54) is 6.42 Å². The molecule has 20 heavy (non-hydrogen) atoms. The fraction of sp³-hybridized carbons (Fsp3) is 0.333. The summed E-state index contributed by atoms with van der Waals surface area (Å²) < 4.78 is 0. The van der Waals surface area contributed by atoms with E-state index in [0.29, 0.717) is 21.0 Å². The molecule has 0 spiro atoms. The number of hydrogen-bond acceptors (Lipinski definition) is 2. The lowest BCUT2D eigenvalue weighted by Gasteiger charge is -2.10. The highest BCUT2D eigenvalue weighted by atomic mass is 35.5. The van der Waals surface area contributed by atoms with Crippen molar-refractivity contribution in [1.29, 1.82) is 0 Å². The van der Waals surface area contributed by atoms with Crippen molar-refractivity contribution < 1.29 is 0 Å². The minimum atomic E-state index is 0.544. The van der Waals surface area contributed by atoms with Gasteiger partial charge < -0.3 is 0 Å². The Labute approximate surface area is 133 Å². The molecule has 0 saturated carbocycles. The number of hydrogen-bond donors (Lipinski definition) is 0. The maximum Gasteiger partial charge on any atom is 0.162 e. The van der Waals surface area contributed by atoms with Crippen LogP contribution in [0.3, 0.4) is 0 Å². The van der Waals surface area contributed by atoms with Gasteiger partial charge in [0.1, 0.15) is 5.15 Å². The molecule has 0 bridgehead atoms. The maximum atomic E-state index is 6.33. The van der Waals surface area contributed by atoms with Gasteiger partial charge >= 0.3 is 0 Å². The van der Waals surface area contributed by atoms with Crippen molar-refractivity contribution in [3.63, 3.8) is 0 Å². The van der Waals surface area contributed by atoms with Gasteiger partial charge in [0.15, 0.2) is 5.82 Å². The molecule has 1 heterocycles. The lowest BCUT2D eigenvalue weighted by Crippen LogP contribution is -2.02. The van der Waals surface area contributed by atoms with E-state index in [1.807, 2.05) is 6.07 Å². The van der Waals surface area contributed by atoms with Gasteiger partial charge in [0.05, 0.1) is 5.02 Å². The Hall–Kier alpha value is -0.830. The van der Waals surface area contributed by atoms with Crippen LogP contribution in [0.2, 0.25) is 15.2 Å². The zero-order valence-electron chi connectivity index (χ0n) is 10.8. The molecule has 2 aromatic rings. The fourth-order valence-corrected chi connectivity index (χ4v) is 3.29. The van der Waals surface area contributed by atoms with Crippen LogP contribution in [0.5, 0.6) is 0 Å². The lowest BCUT2D eigenvalue weighted by molar-refractivity contribution is 0.709. The van der Waals surface area contributed by atoms with Gasteiger partial charge in [-0.15, -0.1) is 0 Å². The molecule has 1 aromatic carbocycles. The zero-order chi connectivity index (χ0) is 14.1. The van der Waals surface area contributed by atoms with Gasteiger partial charge in [-0.2, -0.15) is 0 Å². The first kappa shape index (κ1) is 14.1.